The Morgan fingerprint density at radius 3 is 2.48 bits per heavy atom. The van der Waals surface area contributed by atoms with E-state index in [9.17, 15) is 4.39 Å². The van der Waals surface area contributed by atoms with Crippen molar-refractivity contribution in [1.29, 1.82) is 0 Å². The van der Waals surface area contributed by atoms with Crippen LogP contribution in [0.4, 0.5) is 4.39 Å². The first-order chi connectivity index (χ1) is 10.1. The summed E-state index contributed by atoms with van der Waals surface area (Å²) >= 11 is 0. The first kappa shape index (κ1) is 13.6. The molecule has 0 radical (unpaired) electrons. The van der Waals surface area contributed by atoms with Gasteiger partial charge in [-0.25, -0.2) is 9.37 Å². The van der Waals surface area contributed by atoms with Crippen molar-refractivity contribution in [3.8, 4) is 11.6 Å². The second-order valence-corrected chi connectivity index (χ2v) is 5.16. The lowest BCUT2D eigenvalue weighted by Gasteiger charge is -2.14. The summed E-state index contributed by atoms with van der Waals surface area (Å²) in [5, 5.41) is 2.73. The number of nitrogens with zero attached hydrogens (tertiary/aromatic N) is 1. The Hall–Kier alpha value is -2.36. The fourth-order valence-electron chi connectivity index (χ4n) is 2.37. The van der Waals surface area contributed by atoms with Gasteiger partial charge in [-0.1, -0.05) is 0 Å². The number of benzene rings is 2. The molecule has 0 atom stereocenters. The fraction of sp³-hybridized carbons (Fsp3) is 0.235. The summed E-state index contributed by atoms with van der Waals surface area (Å²) in [6.07, 6.45) is -0.0158. The standard InChI is InChI=1S/C17H16FNO2/c1-10(2)21-17-15-9-12(20-3)5-7-13(15)14-6-4-11(18)8-16(14)19-17/h4-10H,1-3H3. The van der Waals surface area contributed by atoms with Gasteiger partial charge in [0.25, 0.3) is 0 Å². The van der Waals surface area contributed by atoms with E-state index in [0.29, 0.717) is 11.4 Å². The first-order valence-corrected chi connectivity index (χ1v) is 6.82. The lowest BCUT2D eigenvalue weighted by molar-refractivity contribution is 0.237. The maximum Gasteiger partial charge on any atom is 0.222 e. The van der Waals surface area contributed by atoms with Gasteiger partial charge < -0.3 is 9.47 Å². The number of aromatic nitrogens is 1. The molecule has 0 saturated carbocycles. The third-order valence-corrected chi connectivity index (χ3v) is 3.28. The van der Waals surface area contributed by atoms with Crippen molar-refractivity contribution in [2.75, 3.05) is 7.11 Å². The number of halogens is 1. The van der Waals surface area contributed by atoms with Crippen molar-refractivity contribution < 1.29 is 13.9 Å². The number of methoxy groups -OCH3 is 1. The van der Waals surface area contributed by atoms with E-state index in [1.807, 2.05) is 32.0 Å². The second kappa shape index (κ2) is 5.20. The lowest BCUT2D eigenvalue weighted by atomic mass is 10.1. The molecule has 21 heavy (non-hydrogen) atoms. The SMILES string of the molecule is COc1ccc2c(c1)c(OC(C)C)nc1cc(F)ccc12. The summed E-state index contributed by atoms with van der Waals surface area (Å²) in [5.74, 6) is 0.926. The van der Waals surface area contributed by atoms with E-state index in [1.165, 1.54) is 12.1 Å². The Morgan fingerprint density at radius 2 is 1.76 bits per heavy atom. The molecule has 0 amide bonds. The van der Waals surface area contributed by atoms with Gasteiger partial charge in [0.15, 0.2) is 0 Å². The van der Waals surface area contributed by atoms with Gasteiger partial charge in [-0.2, -0.15) is 0 Å². The maximum absolute atomic E-state index is 13.4. The zero-order valence-electron chi connectivity index (χ0n) is 12.2. The fourth-order valence-corrected chi connectivity index (χ4v) is 2.37. The largest absolute Gasteiger partial charge is 0.497 e. The average molecular weight is 285 g/mol. The maximum atomic E-state index is 13.4. The van der Waals surface area contributed by atoms with Crippen molar-refractivity contribution in [3.63, 3.8) is 0 Å². The van der Waals surface area contributed by atoms with Gasteiger partial charge >= 0.3 is 0 Å². The molecule has 3 nitrogen and oxygen atoms in total. The Labute approximate surface area is 122 Å². The number of pyridine rings is 1. The molecular weight excluding hydrogens is 269 g/mol. The minimum Gasteiger partial charge on any atom is -0.497 e. The van der Waals surface area contributed by atoms with Crippen molar-refractivity contribution in [2.45, 2.75) is 20.0 Å². The minimum atomic E-state index is -0.307. The quantitative estimate of drug-likeness (QED) is 0.671. The molecule has 0 fully saturated rings. The van der Waals surface area contributed by atoms with Gasteiger partial charge in [-0.15, -0.1) is 0 Å². The van der Waals surface area contributed by atoms with Crippen LogP contribution < -0.4 is 9.47 Å². The summed E-state index contributed by atoms with van der Waals surface area (Å²) in [6, 6.07) is 10.3. The molecule has 0 bridgehead atoms. The summed E-state index contributed by atoms with van der Waals surface area (Å²) in [6.45, 7) is 3.87. The first-order valence-electron chi connectivity index (χ1n) is 6.82. The molecule has 2 aromatic carbocycles. The molecule has 0 N–H and O–H groups in total. The van der Waals surface area contributed by atoms with Crippen LogP contribution in [0.5, 0.6) is 11.6 Å². The van der Waals surface area contributed by atoms with E-state index in [1.54, 1.807) is 13.2 Å². The van der Waals surface area contributed by atoms with Crippen molar-refractivity contribution in [3.05, 3.63) is 42.2 Å². The van der Waals surface area contributed by atoms with Crippen molar-refractivity contribution in [1.82, 2.24) is 4.98 Å². The van der Waals surface area contributed by atoms with Crippen LogP contribution in [-0.2, 0) is 0 Å². The number of ether oxygens (including phenoxy) is 2. The Balaban J connectivity index is 2.38. The van der Waals surface area contributed by atoms with Crippen LogP contribution in [0.2, 0.25) is 0 Å². The molecule has 4 heteroatoms. The minimum absolute atomic E-state index is 0.0158. The topological polar surface area (TPSA) is 31.4 Å². The average Bonchev–Trinajstić information content (AvgIpc) is 2.46. The highest BCUT2D eigenvalue weighted by Gasteiger charge is 2.12. The predicted octanol–water partition coefficient (Wildman–Crippen LogP) is 4.32. The van der Waals surface area contributed by atoms with E-state index < -0.39 is 0 Å². The zero-order chi connectivity index (χ0) is 15.0. The van der Waals surface area contributed by atoms with Crippen LogP contribution >= 0.6 is 0 Å². The number of hydrogen-bond acceptors (Lipinski definition) is 3. The predicted molar refractivity (Wildman–Crippen MR) is 81.5 cm³/mol. The molecule has 108 valence electrons. The molecule has 0 spiro atoms. The zero-order valence-corrected chi connectivity index (χ0v) is 12.2. The molecule has 3 rings (SSSR count). The van der Waals surface area contributed by atoms with Crippen LogP contribution in [0.3, 0.4) is 0 Å². The smallest absolute Gasteiger partial charge is 0.222 e. The van der Waals surface area contributed by atoms with E-state index >= 15 is 0 Å². The van der Waals surface area contributed by atoms with Crippen molar-refractivity contribution in [2.24, 2.45) is 0 Å². The van der Waals surface area contributed by atoms with Gasteiger partial charge in [-0.3, -0.25) is 0 Å². The second-order valence-electron chi connectivity index (χ2n) is 5.16. The van der Waals surface area contributed by atoms with Crippen LogP contribution in [-0.4, -0.2) is 18.2 Å². The monoisotopic (exact) mass is 285 g/mol. The van der Waals surface area contributed by atoms with Gasteiger partial charge in [-0.05, 0) is 49.6 Å². The normalized spacial score (nSPS) is 11.3. The third kappa shape index (κ3) is 2.49. The Bertz CT molecular complexity index is 815. The molecule has 0 saturated heterocycles. The van der Waals surface area contributed by atoms with Gasteiger partial charge in [0.1, 0.15) is 11.6 Å². The number of hydrogen-bond donors (Lipinski definition) is 0. The van der Waals surface area contributed by atoms with Crippen LogP contribution in [0.25, 0.3) is 21.7 Å². The number of rotatable bonds is 3. The van der Waals surface area contributed by atoms with Crippen molar-refractivity contribution >= 4 is 21.7 Å². The highest BCUT2D eigenvalue weighted by Crippen LogP contribution is 2.34. The highest BCUT2D eigenvalue weighted by atomic mass is 19.1. The Morgan fingerprint density at radius 1 is 1.00 bits per heavy atom. The third-order valence-electron chi connectivity index (χ3n) is 3.28. The van der Waals surface area contributed by atoms with Crippen LogP contribution in [0.15, 0.2) is 36.4 Å². The molecular formula is C17H16FNO2. The molecule has 3 aromatic rings. The van der Waals surface area contributed by atoms with E-state index in [4.69, 9.17) is 9.47 Å². The molecule has 0 aliphatic carbocycles. The molecule has 1 heterocycles. The summed E-state index contributed by atoms with van der Waals surface area (Å²) in [4.78, 5) is 4.46. The molecule has 0 unspecified atom stereocenters. The summed E-state index contributed by atoms with van der Waals surface area (Å²) in [5.41, 5.74) is 0.586. The van der Waals surface area contributed by atoms with E-state index in [0.717, 1.165) is 21.9 Å². The van der Waals surface area contributed by atoms with Crippen LogP contribution in [0.1, 0.15) is 13.8 Å². The van der Waals surface area contributed by atoms with Gasteiger partial charge in [0, 0.05) is 16.8 Å². The Kier molecular flexibility index (Phi) is 3.37. The molecule has 0 aliphatic heterocycles. The van der Waals surface area contributed by atoms with E-state index in [-0.39, 0.29) is 11.9 Å². The van der Waals surface area contributed by atoms with Gasteiger partial charge in [0.2, 0.25) is 5.88 Å². The number of fused-ring (bicyclic) bond motifs is 3. The molecule has 0 aliphatic rings. The van der Waals surface area contributed by atoms with Crippen LogP contribution in [0, 0.1) is 5.82 Å². The lowest BCUT2D eigenvalue weighted by Crippen LogP contribution is -2.07. The summed E-state index contributed by atoms with van der Waals surface area (Å²) in [7, 11) is 1.62. The summed E-state index contributed by atoms with van der Waals surface area (Å²) < 4.78 is 24.5. The van der Waals surface area contributed by atoms with E-state index in [2.05, 4.69) is 4.98 Å². The molecule has 1 aromatic heterocycles. The highest BCUT2D eigenvalue weighted by molar-refractivity contribution is 6.08. The van der Waals surface area contributed by atoms with Gasteiger partial charge in [0.05, 0.1) is 18.7 Å².